The maximum atomic E-state index is 12.4. The highest BCUT2D eigenvalue weighted by Gasteiger charge is 2.38. The fourth-order valence-electron chi connectivity index (χ4n) is 2.91. The quantitative estimate of drug-likeness (QED) is 0.799. The van der Waals surface area contributed by atoms with Crippen LogP contribution in [0.15, 0.2) is 24.3 Å². The van der Waals surface area contributed by atoms with E-state index in [1.54, 1.807) is 19.2 Å². The molecule has 1 aliphatic heterocycles. The minimum atomic E-state index is -0.527. The molecule has 0 radical (unpaired) electrons. The van der Waals surface area contributed by atoms with Crippen molar-refractivity contribution >= 4 is 23.4 Å². The molecule has 1 fully saturated rings. The minimum Gasteiger partial charge on any atom is -0.358 e. The zero-order valence-electron chi connectivity index (χ0n) is 13.0. The van der Waals surface area contributed by atoms with E-state index in [1.165, 1.54) is 0 Å². The number of likely N-dealkylation sites (tertiary alicyclic amines) is 1. The van der Waals surface area contributed by atoms with Crippen LogP contribution in [0.1, 0.15) is 24.4 Å². The molecule has 1 aliphatic rings. The molecule has 0 unspecified atom stereocenters. The highest BCUT2D eigenvalue weighted by Crippen LogP contribution is 2.30. The third kappa shape index (κ3) is 4.04. The number of hydrogen-bond acceptors (Lipinski definition) is 3. The predicted octanol–water partition coefficient (Wildman–Crippen LogP) is 1.34. The first-order valence-electron chi connectivity index (χ1n) is 7.52. The Morgan fingerprint density at radius 2 is 2.13 bits per heavy atom. The second-order valence-electron chi connectivity index (χ2n) is 5.39. The lowest BCUT2D eigenvalue weighted by Crippen LogP contribution is -2.48. The molecule has 0 aromatic heterocycles. The molecule has 1 saturated heterocycles. The lowest BCUT2D eigenvalue weighted by Gasteiger charge is -2.31. The Balaban J connectivity index is 2.27. The highest BCUT2D eigenvalue weighted by atomic mass is 35.5. The molecule has 0 spiro atoms. The van der Waals surface area contributed by atoms with Crippen LogP contribution in [-0.2, 0) is 9.59 Å². The lowest BCUT2D eigenvalue weighted by molar-refractivity contribution is -0.131. The molecule has 122 valence electrons. The molecule has 1 heterocycles. The van der Waals surface area contributed by atoms with E-state index < -0.39 is 6.04 Å². The van der Waals surface area contributed by atoms with E-state index in [9.17, 15) is 9.59 Å². The molecule has 1 aromatic carbocycles. The van der Waals surface area contributed by atoms with Gasteiger partial charge >= 0.3 is 0 Å². The summed E-state index contributed by atoms with van der Waals surface area (Å²) < 4.78 is 0. The summed E-state index contributed by atoms with van der Waals surface area (Å²) in [6.07, 6.45) is 6.75. The highest BCUT2D eigenvalue weighted by molar-refractivity contribution is 6.30. The number of carbonyl (C=O) groups excluding carboxylic acids is 2. The summed E-state index contributed by atoms with van der Waals surface area (Å²) in [4.78, 5) is 26.7. The summed E-state index contributed by atoms with van der Waals surface area (Å²) in [6, 6.07) is 6.24. The van der Waals surface area contributed by atoms with Crippen LogP contribution in [0.3, 0.4) is 0 Å². The van der Waals surface area contributed by atoms with E-state index in [2.05, 4.69) is 16.6 Å². The van der Waals surface area contributed by atoms with Crippen molar-refractivity contribution < 1.29 is 9.59 Å². The number of terminal acetylenes is 1. The number of benzene rings is 1. The van der Waals surface area contributed by atoms with Gasteiger partial charge in [0, 0.05) is 18.6 Å². The van der Waals surface area contributed by atoms with Gasteiger partial charge in [0.2, 0.25) is 11.8 Å². The first-order chi connectivity index (χ1) is 11.1. The Hall–Kier alpha value is -2.03. The number of amides is 2. The van der Waals surface area contributed by atoms with Crippen LogP contribution >= 0.6 is 11.6 Å². The van der Waals surface area contributed by atoms with Gasteiger partial charge in [0.15, 0.2) is 0 Å². The van der Waals surface area contributed by atoms with E-state index in [0.717, 1.165) is 12.0 Å². The van der Waals surface area contributed by atoms with E-state index >= 15 is 0 Å². The Bertz CT molecular complexity index is 609. The van der Waals surface area contributed by atoms with Gasteiger partial charge in [0.1, 0.15) is 6.04 Å². The first kappa shape index (κ1) is 17.3. The van der Waals surface area contributed by atoms with E-state index in [-0.39, 0.29) is 24.4 Å². The smallest absolute Gasteiger partial charge is 0.241 e. The van der Waals surface area contributed by atoms with E-state index in [0.29, 0.717) is 18.0 Å². The first-order valence-corrected chi connectivity index (χ1v) is 7.90. The van der Waals surface area contributed by atoms with Gasteiger partial charge < -0.3 is 10.6 Å². The molecular weight excluding hydrogens is 314 g/mol. The number of nitrogens with one attached hydrogen (secondary N) is 2. The second kappa shape index (κ2) is 8.00. The molecule has 6 heteroatoms. The molecule has 2 atom stereocenters. The van der Waals surface area contributed by atoms with Crippen LogP contribution in [0.5, 0.6) is 0 Å². The summed E-state index contributed by atoms with van der Waals surface area (Å²) in [7, 11) is 1.59. The van der Waals surface area contributed by atoms with Crippen LogP contribution < -0.4 is 10.6 Å². The third-order valence-corrected chi connectivity index (χ3v) is 4.23. The summed E-state index contributed by atoms with van der Waals surface area (Å²) in [5, 5.41) is 5.99. The van der Waals surface area contributed by atoms with Gasteiger partial charge in [-0.1, -0.05) is 29.7 Å². The number of hydrogen-bond donors (Lipinski definition) is 2. The zero-order valence-corrected chi connectivity index (χ0v) is 13.8. The summed E-state index contributed by atoms with van der Waals surface area (Å²) >= 11 is 5.93. The normalized spacial score (nSPS) is 18.9. The maximum Gasteiger partial charge on any atom is 0.241 e. The van der Waals surface area contributed by atoms with Crippen LogP contribution in [0.25, 0.3) is 0 Å². The van der Waals surface area contributed by atoms with Crippen molar-refractivity contribution in [1.29, 1.82) is 0 Å². The number of likely N-dealkylation sites (N-methyl/N-ethyl adjacent to an activating group) is 1. The predicted molar refractivity (Wildman–Crippen MR) is 89.8 cm³/mol. The molecule has 0 aliphatic carbocycles. The molecule has 23 heavy (non-hydrogen) atoms. The largest absolute Gasteiger partial charge is 0.358 e. The summed E-state index contributed by atoms with van der Waals surface area (Å²) in [6.45, 7) is 0.865. The minimum absolute atomic E-state index is 0.136. The van der Waals surface area contributed by atoms with E-state index in [1.807, 2.05) is 17.0 Å². The van der Waals surface area contributed by atoms with Crippen molar-refractivity contribution in [2.45, 2.75) is 24.9 Å². The second-order valence-corrected chi connectivity index (χ2v) is 5.82. The molecule has 0 bridgehead atoms. The monoisotopic (exact) mass is 333 g/mol. The van der Waals surface area contributed by atoms with Crippen molar-refractivity contribution in [1.82, 2.24) is 15.5 Å². The molecule has 2 rings (SSSR count). The zero-order chi connectivity index (χ0) is 16.8. The number of rotatable bonds is 5. The van der Waals surface area contributed by atoms with Crippen molar-refractivity contribution in [2.75, 3.05) is 20.1 Å². The molecule has 5 nitrogen and oxygen atoms in total. The standard InChI is InChI=1S/C17H20ClN3O2/c1-3-10-20-16(22)14-5-4-11-21(14)15(17(23)19-2)12-6-8-13(18)9-7-12/h1,6-9,14-15H,4-5,10-11H2,2H3,(H,19,23)(H,20,22)/t14-,15+/m0/s1. The topological polar surface area (TPSA) is 61.4 Å². The Morgan fingerprint density at radius 1 is 1.43 bits per heavy atom. The Labute approximate surface area is 141 Å². The summed E-state index contributed by atoms with van der Waals surface area (Å²) in [5.74, 6) is 2.11. The molecular formula is C17H20ClN3O2. The van der Waals surface area contributed by atoms with Gasteiger partial charge in [-0.3, -0.25) is 14.5 Å². The van der Waals surface area contributed by atoms with Crippen molar-refractivity contribution in [3.05, 3.63) is 34.9 Å². The van der Waals surface area contributed by atoms with Gasteiger partial charge in [0.25, 0.3) is 0 Å². The summed E-state index contributed by atoms with van der Waals surface area (Å²) in [5.41, 5.74) is 0.811. The van der Waals surface area contributed by atoms with Crippen molar-refractivity contribution in [2.24, 2.45) is 0 Å². The fourth-order valence-corrected chi connectivity index (χ4v) is 3.04. The van der Waals surface area contributed by atoms with Gasteiger partial charge in [0.05, 0.1) is 12.6 Å². The Morgan fingerprint density at radius 3 is 2.74 bits per heavy atom. The third-order valence-electron chi connectivity index (χ3n) is 3.97. The number of halogens is 1. The van der Waals surface area contributed by atoms with Gasteiger partial charge in [-0.25, -0.2) is 0 Å². The number of nitrogens with zero attached hydrogens (tertiary/aromatic N) is 1. The fraction of sp³-hybridized carbons (Fsp3) is 0.412. The van der Waals surface area contributed by atoms with Gasteiger partial charge in [-0.05, 0) is 30.5 Å². The molecule has 2 amide bonds. The van der Waals surface area contributed by atoms with Crippen molar-refractivity contribution in [3.8, 4) is 12.3 Å². The van der Waals surface area contributed by atoms with Crippen molar-refractivity contribution in [3.63, 3.8) is 0 Å². The average Bonchev–Trinajstić information content (AvgIpc) is 3.03. The van der Waals surface area contributed by atoms with Crippen LogP contribution in [0.2, 0.25) is 5.02 Å². The van der Waals surface area contributed by atoms with Crippen LogP contribution in [0.4, 0.5) is 0 Å². The SMILES string of the molecule is C#CCNC(=O)[C@@H]1CCCN1[C@@H](C(=O)NC)c1ccc(Cl)cc1. The lowest BCUT2D eigenvalue weighted by atomic mass is 10.0. The van der Waals surface area contributed by atoms with Crippen LogP contribution in [-0.4, -0.2) is 42.9 Å². The van der Waals surface area contributed by atoms with Gasteiger partial charge in [-0.15, -0.1) is 6.42 Å². The van der Waals surface area contributed by atoms with Crippen LogP contribution in [0, 0.1) is 12.3 Å². The van der Waals surface area contributed by atoms with Gasteiger partial charge in [-0.2, -0.15) is 0 Å². The van der Waals surface area contributed by atoms with E-state index in [4.69, 9.17) is 18.0 Å². The molecule has 2 N–H and O–H groups in total. The molecule has 1 aromatic rings. The number of carbonyl (C=O) groups is 2. The Kier molecular flexibility index (Phi) is 6.03. The maximum absolute atomic E-state index is 12.4. The average molecular weight is 334 g/mol. The molecule has 0 saturated carbocycles.